The molecule has 1 aromatic carbocycles. The summed E-state index contributed by atoms with van der Waals surface area (Å²) in [7, 11) is 1.35. The normalized spacial score (nSPS) is 17.3. The molecule has 5 heteroatoms. The number of benzene rings is 1. The predicted molar refractivity (Wildman–Crippen MR) is 57.5 cm³/mol. The lowest BCUT2D eigenvalue weighted by molar-refractivity contribution is 0.0600. The molecule has 15 heavy (non-hydrogen) atoms. The van der Waals surface area contributed by atoms with E-state index in [1.54, 1.807) is 18.2 Å². The fourth-order valence-corrected chi connectivity index (χ4v) is 1.48. The van der Waals surface area contributed by atoms with E-state index in [9.17, 15) is 4.79 Å². The van der Waals surface area contributed by atoms with E-state index < -0.39 is 0 Å². The summed E-state index contributed by atoms with van der Waals surface area (Å²) < 4.78 is 9.91. The molecule has 2 rings (SSSR count). The first-order valence-electron chi connectivity index (χ1n) is 4.33. The number of methoxy groups -OCH3 is 1. The lowest BCUT2D eigenvalue weighted by Gasteiger charge is -2.02. The Kier molecular flexibility index (Phi) is 3.55. The zero-order valence-corrected chi connectivity index (χ0v) is 9.04. The first-order valence-corrected chi connectivity index (χ1v) is 4.33. The first kappa shape index (κ1) is 11.8. The highest BCUT2D eigenvalue weighted by Crippen LogP contribution is 2.31. The maximum Gasteiger partial charge on any atom is 0.337 e. The standard InChI is InChI=1S/C10H11NO3.ClH/c1-13-10(12)6-2-3-7-8(11)5-14-9(7)4-6;/h2-4,8H,5,11H2,1H3;1H/t8-;/m1./s1. The average Bonchev–Trinajstić information content (AvgIpc) is 2.59. The van der Waals surface area contributed by atoms with E-state index in [1.165, 1.54) is 7.11 Å². The van der Waals surface area contributed by atoms with Gasteiger partial charge >= 0.3 is 5.97 Å². The molecule has 0 bridgehead atoms. The van der Waals surface area contributed by atoms with Crippen molar-refractivity contribution in [1.29, 1.82) is 0 Å². The van der Waals surface area contributed by atoms with Gasteiger partial charge in [0, 0.05) is 5.56 Å². The van der Waals surface area contributed by atoms with Crippen molar-refractivity contribution in [3.63, 3.8) is 0 Å². The van der Waals surface area contributed by atoms with Gasteiger partial charge in [-0.2, -0.15) is 0 Å². The number of hydrogen-bond donors (Lipinski definition) is 1. The third-order valence-corrected chi connectivity index (χ3v) is 2.25. The molecule has 1 aliphatic heterocycles. The summed E-state index contributed by atoms with van der Waals surface area (Å²) >= 11 is 0. The SMILES string of the molecule is COC(=O)c1ccc2c(c1)OC[C@H]2N.Cl. The van der Waals surface area contributed by atoms with E-state index in [4.69, 9.17) is 10.5 Å². The minimum absolute atomic E-state index is 0. The summed E-state index contributed by atoms with van der Waals surface area (Å²) in [5, 5.41) is 0. The highest BCUT2D eigenvalue weighted by atomic mass is 35.5. The van der Waals surface area contributed by atoms with Crippen LogP contribution in [-0.4, -0.2) is 19.7 Å². The van der Waals surface area contributed by atoms with Gasteiger partial charge < -0.3 is 15.2 Å². The summed E-state index contributed by atoms with van der Waals surface area (Å²) in [6.07, 6.45) is 0. The minimum Gasteiger partial charge on any atom is -0.491 e. The molecule has 1 atom stereocenters. The van der Waals surface area contributed by atoms with Gasteiger partial charge in [-0.1, -0.05) is 6.07 Å². The number of esters is 1. The van der Waals surface area contributed by atoms with Crippen molar-refractivity contribution >= 4 is 18.4 Å². The van der Waals surface area contributed by atoms with Crippen LogP contribution in [0.25, 0.3) is 0 Å². The minimum atomic E-state index is -0.364. The zero-order chi connectivity index (χ0) is 10.1. The lowest BCUT2D eigenvalue weighted by atomic mass is 10.1. The molecule has 0 fully saturated rings. The van der Waals surface area contributed by atoms with Gasteiger partial charge in [0.15, 0.2) is 0 Å². The van der Waals surface area contributed by atoms with Crippen LogP contribution >= 0.6 is 12.4 Å². The second-order valence-corrected chi connectivity index (χ2v) is 3.16. The number of rotatable bonds is 1. The van der Waals surface area contributed by atoms with Crippen LogP contribution in [-0.2, 0) is 4.74 Å². The van der Waals surface area contributed by atoms with Crippen LogP contribution < -0.4 is 10.5 Å². The summed E-state index contributed by atoms with van der Waals surface area (Å²) in [4.78, 5) is 11.2. The van der Waals surface area contributed by atoms with Gasteiger partial charge in [-0.25, -0.2) is 4.79 Å². The summed E-state index contributed by atoms with van der Waals surface area (Å²) in [5.74, 6) is 0.317. The molecular formula is C10H12ClNO3. The Hall–Kier alpha value is -1.26. The second-order valence-electron chi connectivity index (χ2n) is 3.16. The summed E-state index contributed by atoms with van der Waals surface area (Å²) in [6.45, 7) is 0.472. The maximum atomic E-state index is 11.2. The topological polar surface area (TPSA) is 61.5 Å². The zero-order valence-electron chi connectivity index (χ0n) is 8.23. The van der Waals surface area contributed by atoms with Crippen molar-refractivity contribution < 1.29 is 14.3 Å². The largest absolute Gasteiger partial charge is 0.491 e. The quantitative estimate of drug-likeness (QED) is 0.737. The number of carbonyl (C=O) groups excluding carboxylic acids is 1. The third kappa shape index (κ3) is 2.06. The van der Waals surface area contributed by atoms with Gasteiger partial charge in [0.1, 0.15) is 12.4 Å². The van der Waals surface area contributed by atoms with E-state index in [2.05, 4.69) is 4.74 Å². The Balaban J connectivity index is 0.00000112. The Labute approximate surface area is 93.8 Å². The van der Waals surface area contributed by atoms with Gasteiger partial charge in [0.2, 0.25) is 0 Å². The van der Waals surface area contributed by atoms with E-state index in [0.29, 0.717) is 17.9 Å². The van der Waals surface area contributed by atoms with Crippen LogP contribution in [0.4, 0.5) is 0 Å². The highest BCUT2D eigenvalue weighted by molar-refractivity contribution is 5.90. The van der Waals surface area contributed by atoms with Crippen LogP contribution in [0.1, 0.15) is 22.0 Å². The van der Waals surface area contributed by atoms with Gasteiger partial charge in [0.25, 0.3) is 0 Å². The average molecular weight is 230 g/mol. The van der Waals surface area contributed by atoms with Crippen molar-refractivity contribution in [2.75, 3.05) is 13.7 Å². The van der Waals surface area contributed by atoms with Crippen LogP contribution in [0.15, 0.2) is 18.2 Å². The van der Waals surface area contributed by atoms with Crippen LogP contribution in [0.5, 0.6) is 5.75 Å². The van der Waals surface area contributed by atoms with E-state index in [1.807, 2.05) is 0 Å². The first-order chi connectivity index (χ1) is 6.72. The van der Waals surface area contributed by atoms with Gasteiger partial charge in [-0.05, 0) is 12.1 Å². The summed E-state index contributed by atoms with van der Waals surface area (Å²) in [5.41, 5.74) is 7.19. The molecule has 1 aliphatic rings. The fourth-order valence-electron chi connectivity index (χ4n) is 1.48. The fraction of sp³-hybridized carbons (Fsp3) is 0.300. The Bertz CT molecular complexity index is 381. The van der Waals surface area contributed by atoms with Gasteiger partial charge in [-0.3, -0.25) is 0 Å². The van der Waals surface area contributed by atoms with Crippen molar-refractivity contribution in [2.45, 2.75) is 6.04 Å². The molecule has 2 N–H and O–H groups in total. The Morgan fingerprint density at radius 1 is 1.60 bits per heavy atom. The van der Waals surface area contributed by atoms with Gasteiger partial charge in [0.05, 0.1) is 18.7 Å². The van der Waals surface area contributed by atoms with Gasteiger partial charge in [-0.15, -0.1) is 12.4 Å². The molecule has 1 heterocycles. The molecule has 0 radical (unpaired) electrons. The van der Waals surface area contributed by atoms with E-state index >= 15 is 0 Å². The molecule has 0 aromatic heterocycles. The predicted octanol–water partition coefficient (Wildman–Crippen LogP) is 1.29. The molecule has 0 spiro atoms. The van der Waals surface area contributed by atoms with Crippen molar-refractivity contribution in [3.8, 4) is 5.75 Å². The highest BCUT2D eigenvalue weighted by Gasteiger charge is 2.21. The Morgan fingerprint density at radius 2 is 2.33 bits per heavy atom. The maximum absolute atomic E-state index is 11.2. The third-order valence-electron chi connectivity index (χ3n) is 2.25. The summed E-state index contributed by atoms with van der Waals surface area (Å²) in [6, 6.07) is 5.07. The lowest BCUT2D eigenvalue weighted by Crippen LogP contribution is -2.10. The van der Waals surface area contributed by atoms with Crippen molar-refractivity contribution in [2.24, 2.45) is 5.73 Å². The molecule has 0 saturated heterocycles. The number of ether oxygens (including phenoxy) is 2. The Morgan fingerprint density at radius 3 is 3.00 bits per heavy atom. The van der Waals surface area contributed by atoms with Crippen LogP contribution in [0, 0.1) is 0 Å². The molecule has 0 saturated carbocycles. The number of halogens is 1. The molecule has 0 aliphatic carbocycles. The molecule has 0 amide bonds. The number of fused-ring (bicyclic) bond motifs is 1. The van der Waals surface area contributed by atoms with Crippen molar-refractivity contribution in [3.05, 3.63) is 29.3 Å². The molecular weight excluding hydrogens is 218 g/mol. The number of hydrogen-bond acceptors (Lipinski definition) is 4. The monoisotopic (exact) mass is 229 g/mol. The molecule has 1 aromatic rings. The second kappa shape index (κ2) is 4.51. The van der Waals surface area contributed by atoms with Crippen LogP contribution in [0.2, 0.25) is 0 Å². The smallest absolute Gasteiger partial charge is 0.337 e. The van der Waals surface area contributed by atoms with Crippen LogP contribution in [0.3, 0.4) is 0 Å². The van der Waals surface area contributed by atoms with Crippen molar-refractivity contribution in [1.82, 2.24) is 0 Å². The molecule has 0 unspecified atom stereocenters. The van der Waals surface area contributed by atoms with E-state index in [-0.39, 0.29) is 24.4 Å². The number of nitrogens with two attached hydrogens (primary N) is 1. The molecule has 4 nitrogen and oxygen atoms in total. The number of carbonyl (C=O) groups is 1. The molecule has 82 valence electrons. The van der Waals surface area contributed by atoms with E-state index in [0.717, 1.165) is 5.56 Å².